The summed E-state index contributed by atoms with van der Waals surface area (Å²) in [5, 5.41) is 19.6. The smallest absolute Gasteiger partial charge is 0.0580 e. The summed E-state index contributed by atoms with van der Waals surface area (Å²) >= 11 is 0. The summed E-state index contributed by atoms with van der Waals surface area (Å²) in [5.74, 6) is 2.42. The van der Waals surface area contributed by atoms with Crippen LogP contribution in [0.2, 0.25) is 0 Å². The molecule has 2 N–H and O–H groups in total. The van der Waals surface area contributed by atoms with Gasteiger partial charge in [-0.05, 0) is 62.3 Å². The molecule has 1 aliphatic heterocycles. The molecule has 0 aromatic rings. The standard InChI is InChI=1S/C16H31NO2/c1-12(2)14-5-6-16(19)15(8-14)10-17-7-3-4-13(9-17)11-18/h12-16,18-19H,3-11H2,1-2H3. The van der Waals surface area contributed by atoms with E-state index in [-0.39, 0.29) is 6.10 Å². The minimum absolute atomic E-state index is 0.107. The maximum absolute atomic E-state index is 10.2. The molecule has 2 fully saturated rings. The van der Waals surface area contributed by atoms with E-state index in [1.165, 1.54) is 19.3 Å². The van der Waals surface area contributed by atoms with Gasteiger partial charge in [0.25, 0.3) is 0 Å². The zero-order chi connectivity index (χ0) is 13.8. The Morgan fingerprint density at radius 1 is 1.21 bits per heavy atom. The number of hydrogen-bond donors (Lipinski definition) is 2. The zero-order valence-corrected chi connectivity index (χ0v) is 12.6. The Morgan fingerprint density at radius 3 is 2.68 bits per heavy atom. The van der Waals surface area contributed by atoms with Crippen molar-refractivity contribution in [1.82, 2.24) is 4.90 Å². The minimum Gasteiger partial charge on any atom is -0.396 e. The van der Waals surface area contributed by atoms with Crippen molar-refractivity contribution in [3.63, 3.8) is 0 Å². The predicted molar refractivity (Wildman–Crippen MR) is 77.9 cm³/mol. The highest BCUT2D eigenvalue weighted by Crippen LogP contribution is 2.34. The van der Waals surface area contributed by atoms with Crippen molar-refractivity contribution in [2.45, 2.75) is 52.1 Å². The maximum atomic E-state index is 10.2. The van der Waals surface area contributed by atoms with E-state index in [0.29, 0.717) is 18.4 Å². The second kappa shape index (κ2) is 7.05. The van der Waals surface area contributed by atoms with Crippen LogP contribution in [-0.2, 0) is 0 Å². The molecule has 1 saturated carbocycles. The fourth-order valence-corrected chi connectivity index (χ4v) is 3.88. The minimum atomic E-state index is -0.107. The summed E-state index contributed by atoms with van der Waals surface area (Å²) in [7, 11) is 0. The van der Waals surface area contributed by atoms with E-state index in [9.17, 15) is 10.2 Å². The first kappa shape index (κ1) is 15.3. The lowest BCUT2D eigenvalue weighted by molar-refractivity contribution is 0.00799. The highest BCUT2D eigenvalue weighted by atomic mass is 16.3. The summed E-state index contributed by atoms with van der Waals surface area (Å²) in [6.07, 6.45) is 5.60. The van der Waals surface area contributed by atoms with Crippen molar-refractivity contribution >= 4 is 0 Å². The Balaban J connectivity index is 1.85. The Labute approximate surface area is 118 Å². The van der Waals surface area contributed by atoms with Gasteiger partial charge < -0.3 is 15.1 Å². The molecule has 4 unspecified atom stereocenters. The number of nitrogens with zero attached hydrogens (tertiary/aromatic N) is 1. The third kappa shape index (κ3) is 4.17. The molecule has 1 heterocycles. The van der Waals surface area contributed by atoms with Crippen LogP contribution in [0.5, 0.6) is 0 Å². The second-order valence-electron chi connectivity index (χ2n) is 7.09. The first-order chi connectivity index (χ1) is 9.10. The van der Waals surface area contributed by atoms with E-state index < -0.39 is 0 Å². The average molecular weight is 269 g/mol. The molecule has 0 radical (unpaired) electrons. The quantitative estimate of drug-likeness (QED) is 0.821. The van der Waals surface area contributed by atoms with Gasteiger partial charge in [0, 0.05) is 19.7 Å². The molecular weight excluding hydrogens is 238 g/mol. The lowest BCUT2D eigenvalue weighted by Gasteiger charge is -2.40. The van der Waals surface area contributed by atoms with Crippen LogP contribution in [0.3, 0.4) is 0 Å². The molecule has 0 bridgehead atoms. The fraction of sp³-hybridized carbons (Fsp3) is 1.00. The Kier molecular flexibility index (Phi) is 5.67. The van der Waals surface area contributed by atoms with Crippen LogP contribution in [0.25, 0.3) is 0 Å². The molecule has 3 heteroatoms. The van der Waals surface area contributed by atoms with Crippen molar-refractivity contribution in [2.24, 2.45) is 23.7 Å². The first-order valence-corrected chi connectivity index (χ1v) is 8.11. The fourth-order valence-electron chi connectivity index (χ4n) is 3.88. The van der Waals surface area contributed by atoms with Crippen LogP contribution in [0, 0.1) is 23.7 Å². The molecule has 4 atom stereocenters. The first-order valence-electron chi connectivity index (χ1n) is 8.11. The Hall–Kier alpha value is -0.120. The van der Waals surface area contributed by atoms with Gasteiger partial charge in [-0.1, -0.05) is 13.8 Å². The SMILES string of the molecule is CC(C)C1CCC(O)C(CN2CCCC(CO)C2)C1. The maximum Gasteiger partial charge on any atom is 0.0580 e. The van der Waals surface area contributed by atoms with Crippen molar-refractivity contribution in [3.8, 4) is 0 Å². The Morgan fingerprint density at radius 2 is 2.00 bits per heavy atom. The van der Waals surface area contributed by atoms with E-state index >= 15 is 0 Å². The van der Waals surface area contributed by atoms with E-state index in [1.54, 1.807) is 0 Å². The molecule has 0 spiro atoms. The van der Waals surface area contributed by atoms with Gasteiger partial charge in [0.2, 0.25) is 0 Å². The molecule has 1 aliphatic carbocycles. The van der Waals surface area contributed by atoms with Crippen LogP contribution in [0.1, 0.15) is 46.0 Å². The van der Waals surface area contributed by atoms with Gasteiger partial charge in [0.15, 0.2) is 0 Å². The summed E-state index contributed by atoms with van der Waals surface area (Å²) in [5.41, 5.74) is 0. The van der Waals surface area contributed by atoms with Crippen molar-refractivity contribution in [3.05, 3.63) is 0 Å². The van der Waals surface area contributed by atoms with E-state index in [0.717, 1.165) is 44.3 Å². The summed E-state index contributed by atoms with van der Waals surface area (Å²) in [6, 6.07) is 0. The monoisotopic (exact) mass is 269 g/mol. The molecule has 19 heavy (non-hydrogen) atoms. The van der Waals surface area contributed by atoms with Crippen molar-refractivity contribution < 1.29 is 10.2 Å². The van der Waals surface area contributed by atoms with E-state index in [4.69, 9.17) is 0 Å². The highest BCUT2D eigenvalue weighted by Gasteiger charge is 2.32. The number of aliphatic hydroxyl groups is 2. The molecular formula is C16H31NO2. The van der Waals surface area contributed by atoms with Crippen LogP contribution in [0.4, 0.5) is 0 Å². The third-order valence-electron chi connectivity index (χ3n) is 5.28. The van der Waals surface area contributed by atoms with Gasteiger partial charge in [0.05, 0.1) is 6.10 Å². The number of rotatable bonds is 4. The van der Waals surface area contributed by atoms with Crippen molar-refractivity contribution in [2.75, 3.05) is 26.2 Å². The summed E-state index contributed by atoms with van der Waals surface area (Å²) < 4.78 is 0. The topological polar surface area (TPSA) is 43.7 Å². The van der Waals surface area contributed by atoms with Gasteiger partial charge in [-0.2, -0.15) is 0 Å². The molecule has 0 aromatic carbocycles. The zero-order valence-electron chi connectivity index (χ0n) is 12.6. The molecule has 0 aromatic heterocycles. The molecule has 3 nitrogen and oxygen atoms in total. The number of aliphatic hydroxyl groups excluding tert-OH is 2. The van der Waals surface area contributed by atoms with Crippen LogP contribution in [0.15, 0.2) is 0 Å². The lowest BCUT2D eigenvalue weighted by atomic mass is 9.74. The van der Waals surface area contributed by atoms with Crippen LogP contribution in [-0.4, -0.2) is 47.5 Å². The molecule has 2 aliphatic rings. The van der Waals surface area contributed by atoms with Gasteiger partial charge in [0.1, 0.15) is 0 Å². The van der Waals surface area contributed by atoms with Crippen LogP contribution >= 0.6 is 0 Å². The largest absolute Gasteiger partial charge is 0.396 e. The van der Waals surface area contributed by atoms with Gasteiger partial charge in [-0.15, -0.1) is 0 Å². The normalized spacial score (nSPS) is 37.7. The molecule has 1 saturated heterocycles. The second-order valence-corrected chi connectivity index (χ2v) is 7.09. The summed E-state index contributed by atoms with van der Waals surface area (Å²) in [6.45, 7) is 8.13. The Bertz CT molecular complexity index is 269. The predicted octanol–water partition coefficient (Wildman–Crippen LogP) is 2.12. The van der Waals surface area contributed by atoms with E-state index in [2.05, 4.69) is 18.7 Å². The lowest BCUT2D eigenvalue weighted by Crippen LogP contribution is -2.44. The van der Waals surface area contributed by atoms with E-state index in [1.807, 2.05) is 0 Å². The number of hydrogen-bond acceptors (Lipinski definition) is 3. The van der Waals surface area contributed by atoms with Gasteiger partial charge in [-0.25, -0.2) is 0 Å². The molecule has 0 amide bonds. The van der Waals surface area contributed by atoms with Crippen molar-refractivity contribution in [1.29, 1.82) is 0 Å². The van der Waals surface area contributed by atoms with Crippen LogP contribution < -0.4 is 0 Å². The molecule has 2 rings (SSSR count). The molecule has 112 valence electrons. The van der Waals surface area contributed by atoms with Gasteiger partial charge in [-0.3, -0.25) is 0 Å². The average Bonchev–Trinajstić information content (AvgIpc) is 2.41. The summed E-state index contributed by atoms with van der Waals surface area (Å²) in [4.78, 5) is 2.47. The highest BCUT2D eigenvalue weighted by molar-refractivity contribution is 4.84. The number of piperidine rings is 1. The number of likely N-dealkylation sites (tertiary alicyclic amines) is 1. The van der Waals surface area contributed by atoms with Gasteiger partial charge >= 0.3 is 0 Å². The third-order valence-corrected chi connectivity index (χ3v) is 5.28.